The van der Waals surface area contributed by atoms with E-state index in [1.807, 2.05) is 0 Å². The van der Waals surface area contributed by atoms with Gasteiger partial charge >= 0.3 is 11.9 Å². The van der Waals surface area contributed by atoms with Crippen LogP contribution in [0.15, 0.2) is 30.3 Å². The van der Waals surface area contributed by atoms with Gasteiger partial charge in [0, 0.05) is 13.6 Å². The van der Waals surface area contributed by atoms with Crippen LogP contribution in [-0.2, 0) is 24.5 Å². The number of methoxy groups -OCH3 is 1. The fourth-order valence-electron chi connectivity index (χ4n) is 1.62. The van der Waals surface area contributed by atoms with E-state index in [-0.39, 0.29) is 13.0 Å². The van der Waals surface area contributed by atoms with E-state index in [9.17, 15) is 23.1 Å². The highest BCUT2D eigenvalue weighted by atomic mass is 32.2. The van der Waals surface area contributed by atoms with Crippen LogP contribution < -0.4 is 4.72 Å². The number of hydrogen-bond donors (Lipinski definition) is 2. The van der Waals surface area contributed by atoms with Crippen molar-refractivity contribution in [3.05, 3.63) is 35.9 Å². The third kappa shape index (κ3) is 5.10. The summed E-state index contributed by atoms with van der Waals surface area (Å²) in [6, 6.07) is 6.53. The average molecular weight is 330 g/mol. The third-order valence-electron chi connectivity index (χ3n) is 2.92. The van der Waals surface area contributed by atoms with Gasteiger partial charge in [0.1, 0.15) is 6.04 Å². The van der Waals surface area contributed by atoms with Gasteiger partial charge in [0.25, 0.3) is 10.2 Å². The monoisotopic (exact) mass is 330 g/mol. The molecule has 0 radical (unpaired) electrons. The lowest BCUT2D eigenvalue weighted by Gasteiger charge is -2.21. The number of benzene rings is 1. The lowest BCUT2D eigenvalue weighted by Crippen LogP contribution is -2.43. The number of carboxylic acids is 1. The first kappa shape index (κ1) is 18.1. The molecule has 0 aliphatic carbocycles. The lowest BCUT2D eigenvalue weighted by atomic mass is 10.1. The van der Waals surface area contributed by atoms with Gasteiger partial charge in [-0.1, -0.05) is 30.3 Å². The molecule has 0 aromatic heterocycles. The molecule has 0 fully saturated rings. The Balaban J connectivity index is 2.83. The van der Waals surface area contributed by atoms with E-state index in [2.05, 4.69) is 9.46 Å². The number of carboxylic acid groups (broad SMARTS) is 1. The smallest absolute Gasteiger partial charge is 0.326 e. The molecular weight excluding hydrogens is 312 g/mol. The Kier molecular flexibility index (Phi) is 6.47. The van der Waals surface area contributed by atoms with Crippen molar-refractivity contribution in [2.75, 3.05) is 20.7 Å². The molecule has 2 N–H and O–H groups in total. The van der Waals surface area contributed by atoms with Crippen molar-refractivity contribution in [2.45, 2.75) is 12.5 Å². The Bertz CT molecular complexity index is 617. The molecule has 0 heterocycles. The fourth-order valence-corrected chi connectivity index (χ4v) is 2.66. The van der Waals surface area contributed by atoms with Gasteiger partial charge < -0.3 is 9.84 Å². The average Bonchev–Trinajstić information content (AvgIpc) is 2.50. The number of nitrogens with one attached hydrogen (secondary N) is 1. The van der Waals surface area contributed by atoms with Crippen LogP contribution in [0.4, 0.5) is 0 Å². The van der Waals surface area contributed by atoms with Crippen LogP contribution >= 0.6 is 0 Å². The van der Waals surface area contributed by atoms with Gasteiger partial charge in [-0.25, -0.2) is 0 Å². The maximum absolute atomic E-state index is 12.1. The Morgan fingerprint density at radius 1 is 1.32 bits per heavy atom. The van der Waals surface area contributed by atoms with Gasteiger partial charge in [-0.15, -0.1) is 0 Å². The third-order valence-corrected chi connectivity index (χ3v) is 4.45. The molecule has 1 rings (SSSR count). The van der Waals surface area contributed by atoms with Gasteiger partial charge in [-0.3, -0.25) is 9.59 Å². The summed E-state index contributed by atoms with van der Waals surface area (Å²) in [4.78, 5) is 22.3. The fraction of sp³-hybridized carbons (Fsp3) is 0.385. The molecule has 22 heavy (non-hydrogen) atoms. The number of carbonyl (C=O) groups is 2. The van der Waals surface area contributed by atoms with E-state index in [0.29, 0.717) is 5.56 Å². The summed E-state index contributed by atoms with van der Waals surface area (Å²) in [6.45, 7) is -0.122. The molecule has 0 aliphatic rings. The summed E-state index contributed by atoms with van der Waals surface area (Å²) < 4.78 is 31.6. The second kappa shape index (κ2) is 7.87. The standard InChI is InChI=1S/C13H18N2O6S/c1-15(9-8-11(16)21-2)22(19,20)14-12(13(17)18)10-6-4-3-5-7-10/h3-7,12,14H,8-9H2,1-2H3,(H,17,18)/t12-/m1/s1. The molecule has 0 bridgehead atoms. The Labute approximate surface area is 128 Å². The van der Waals surface area contributed by atoms with E-state index < -0.39 is 28.2 Å². The highest BCUT2D eigenvalue weighted by Gasteiger charge is 2.28. The Morgan fingerprint density at radius 2 is 1.91 bits per heavy atom. The number of esters is 1. The largest absolute Gasteiger partial charge is 0.480 e. The van der Waals surface area contributed by atoms with Crippen LogP contribution in [0.3, 0.4) is 0 Å². The van der Waals surface area contributed by atoms with Crippen LogP contribution in [-0.4, -0.2) is 50.5 Å². The van der Waals surface area contributed by atoms with E-state index >= 15 is 0 Å². The van der Waals surface area contributed by atoms with Gasteiger partial charge in [0.15, 0.2) is 0 Å². The van der Waals surface area contributed by atoms with E-state index in [0.717, 1.165) is 4.31 Å². The summed E-state index contributed by atoms with van der Waals surface area (Å²) >= 11 is 0. The topological polar surface area (TPSA) is 113 Å². The van der Waals surface area contributed by atoms with Crippen molar-refractivity contribution in [1.82, 2.24) is 9.03 Å². The number of ether oxygens (including phenoxy) is 1. The van der Waals surface area contributed by atoms with E-state index in [1.165, 1.54) is 26.3 Å². The van der Waals surface area contributed by atoms with Crippen molar-refractivity contribution in [3.63, 3.8) is 0 Å². The normalized spacial score (nSPS) is 12.9. The Morgan fingerprint density at radius 3 is 2.41 bits per heavy atom. The molecule has 0 amide bonds. The first-order valence-corrected chi connectivity index (χ1v) is 7.80. The molecule has 1 atom stereocenters. The molecule has 0 spiro atoms. The summed E-state index contributed by atoms with van der Waals surface area (Å²) in [5, 5.41) is 9.21. The number of carbonyl (C=O) groups excluding carboxylic acids is 1. The highest BCUT2D eigenvalue weighted by Crippen LogP contribution is 2.15. The van der Waals surface area contributed by atoms with E-state index in [1.54, 1.807) is 18.2 Å². The second-order valence-electron chi connectivity index (χ2n) is 4.45. The zero-order chi connectivity index (χ0) is 16.8. The molecule has 0 aliphatic heterocycles. The minimum absolute atomic E-state index is 0.122. The van der Waals surface area contributed by atoms with E-state index in [4.69, 9.17) is 0 Å². The zero-order valence-electron chi connectivity index (χ0n) is 12.2. The molecule has 0 unspecified atom stereocenters. The molecule has 8 nitrogen and oxygen atoms in total. The lowest BCUT2D eigenvalue weighted by molar-refractivity contribution is -0.141. The maximum atomic E-state index is 12.1. The first-order chi connectivity index (χ1) is 10.3. The molecule has 122 valence electrons. The summed E-state index contributed by atoms with van der Waals surface area (Å²) in [7, 11) is -1.62. The van der Waals surface area contributed by atoms with Crippen LogP contribution in [0.2, 0.25) is 0 Å². The number of nitrogens with zero attached hydrogens (tertiary/aromatic N) is 1. The van der Waals surface area contributed by atoms with Crippen molar-refractivity contribution in [3.8, 4) is 0 Å². The summed E-state index contributed by atoms with van der Waals surface area (Å²) in [5.41, 5.74) is 0.306. The SMILES string of the molecule is COC(=O)CCN(C)S(=O)(=O)N[C@@H](C(=O)O)c1ccccc1. The van der Waals surface area contributed by atoms with Gasteiger partial charge in [-0.2, -0.15) is 17.4 Å². The van der Waals surface area contributed by atoms with Crippen molar-refractivity contribution >= 4 is 22.1 Å². The minimum atomic E-state index is -4.06. The number of hydrogen-bond acceptors (Lipinski definition) is 5. The molecule has 9 heteroatoms. The highest BCUT2D eigenvalue weighted by molar-refractivity contribution is 7.87. The van der Waals surface area contributed by atoms with Crippen molar-refractivity contribution in [2.24, 2.45) is 0 Å². The molecule has 1 aromatic carbocycles. The van der Waals surface area contributed by atoms with Gasteiger partial charge in [0.2, 0.25) is 0 Å². The molecule has 1 aromatic rings. The summed E-state index contributed by atoms with van der Waals surface area (Å²) in [6.07, 6.45) is -0.128. The Hall–Kier alpha value is -1.97. The molecular formula is C13H18N2O6S. The van der Waals surface area contributed by atoms with Crippen molar-refractivity contribution in [1.29, 1.82) is 0 Å². The molecule has 0 saturated carbocycles. The number of rotatable bonds is 8. The van der Waals surface area contributed by atoms with Gasteiger partial charge in [0.05, 0.1) is 13.5 Å². The summed E-state index contributed by atoms with van der Waals surface area (Å²) in [5.74, 6) is -1.88. The second-order valence-corrected chi connectivity index (χ2v) is 6.26. The predicted octanol–water partition coefficient (Wildman–Crippen LogP) is 0.142. The maximum Gasteiger partial charge on any atom is 0.326 e. The molecule has 0 saturated heterocycles. The van der Waals surface area contributed by atoms with Gasteiger partial charge in [-0.05, 0) is 5.56 Å². The minimum Gasteiger partial charge on any atom is -0.480 e. The van der Waals surface area contributed by atoms with Crippen LogP contribution in [0, 0.1) is 0 Å². The quantitative estimate of drug-likeness (QED) is 0.656. The van der Waals surface area contributed by atoms with Crippen LogP contribution in [0.25, 0.3) is 0 Å². The first-order valence-electron chi connectivity index (χ1n) is 6.36. The predicted molar refractivity (Wildman–Crippen MR) is 78.1 cm³/mol. The van der Waals surface area contributed by atoms with Crippen LogP contribution in [0.1, 0.15) is 18.0 Å². The van der Waals surface area contributed by atoms with Crippen LogP contribution in [0.5, 0.6) is 0 Å². The zero-order valence-corrected chi connectivity index (χ0v) is 13.0. The number of aliphatic carboxylic acids is 1. The van der Waals surface area contributed by atoms with Crippen molar-refractivity contribution < 1.29 is 27.9 Å².